The van der Waals surface area contributed by atoms with Crippen LogP contribution in [-0.4, -0.2) is 110 Å². The highest BCUT2D eigenvalue weighted by Crippen LogP contribution is 2.24. The number of nitrogens with one attached hydrogen (secondary N) is 2. The Hall–Kier alpha value is -2.98. The Labute approximate surface area is 212 Å². The quantitative estimate of drug-likeness (QED) is 0.116. The van der Waals surface area contributed by atoms with Gasteiger partial charge in [-0.25, -0.2) is 0 Å². The summed E-state index contributed by atoms with van der Waals surface area (Å²) in [7, 11) is 0. The molecule has 0 aromatic heterocycles. The van der Waals surface area contributed by atoms with Crippen molar-refractivity contribution < 1.29 is 45.2 Å². The Balaban J connectivity index is 1.85. The van der Waals surface area contributed by atoms with Gasteiger partial charge in [0.05, 0.1) is 30.8 Å². The van der Waals surface area contributed by atoms with Crippen LogP contribution in [0.5, 0.6) is 0 Å². The van der Waals surface area contributed by atoms with Crippen LogP contribution in [0.3, 0.4) is 0 Å². The van der Waals surface area contributed by atoms with Gasteiger partial charge in [0.25, 0.3) is 0 Å². The van der Waals surface area contributed by atoms with Crippen molar-refractivity contribution >= 4 is 23.3 Å². The zero-order chi connectivity index (χ0) is 26.8. The first-order valence-electron chi connectivity index (χ1n) is 11.5. The average Bonchev–Trinajstić information content (AvgIpc) is 2.93. The second-order valence-corrected chi connectivity index (χ2v) is 8.24. The summed E-state index contributed by atoms with van der Waals surface area (Å²) >= 11 is 0. The number of aliphatic hydroxyl groups is 7. The van der Waals surface area contributed by atoms with Crippen LogP contribution in [0.4, 0.5) is 11.4 Å². The van der Waals surface area contributed by atoms with E-state index in [0.717, 1.165) is 0 Å². The van der Waals surface area contributed by atoms with Crippen LogP contribution >= 0.6 is 0 Å². The van der Waals surface area contributed by atoms with E-state index >= 15 is 0 Å². The second kappa shape index (κ2) is 14.1. The van der Waals surface area contributed by atoms with Crippen molar-refractivity contribution in [3.63, 3.8) is 0 Å². The van der Waals surface area contributed by atoms with E-state index in [9.17, 15) is 35.7 Å². The summed E-state index contributed by atoms with van der Waals surface area (Å²) in [5, 5.41) is 79.1. The highest BCUT2D eigenvalue weighted by Gasteiger charge is 2.46. The molecule has 0 unspecified atom stereocenters. The van der Waals surface area contributed by atoms with E-state index in [0.29, 0.717) is 11.4 Å². The molecule has 1 aliphatic heterocycles. The van der Waals surface area contributed by atoms with Crippen LogP contribution in [0.2, 0.25) is 0 Å². The predicted octanol–water partition coefficient (Wildman–Crippen LogP) is -1.55. The molecule has 2 aromatic carbocycles. The molecule has 3 rings (SSSR count). The monoisotopic (exact) mass is 520 g/mol. The smallest absolute Gasteiger partial charge is 0.187 e. The van der Waals surface area contributed by atoms with Gasteiger partial charge in [0.15, 0.2) is 6.29 Å². The van der Waals surface area contributed by atoms with Crippen molar-refractivity contribution in [3.8, 4) is 0 Å². The van der Waals surface area contributed by atoms with Gasteiger partial charge in [-0.05, 0) is 24.3 Å². The van der Waals surface area contributed by atoms with Crippen molar-refractivity contribution in [2.45, 2.75) is 49.0 Å². The number of rotatable bonds is 12. The highest BCUT2D eigenvalue weighted by molar-refractivity contribution is 6.33. The molecule has 8 atom stereocenters. The van der Waals surface area contributed by atoms with Crippen molar-refractivity contribution in [2.24, 2.45) is 10.2 Å². The van der Waals surface area contributed by atoms with Crippen LogP contribution in [0.15, 0.2) is 70.9 Å². The fourth-order valence-electron chi connectivity index (χ4n) is 3.48. The molecule has 2 aromatic rings. The van der Waals surface area contributed by atoms with E-state index in [1.165, 1.54) is 6.21 Å². The summed E-state index contributed by atoms with van der Waals surface area (Å²) in [6.07, 6.45) is -12.1. The standard InChI is InChI=1S/C24H32N4O9/c29-12-17(31)23(37-24-22(35)21(34)20(33)18(13-30)36-24)19(32)16(28-27-15-9-5-2-6-10-15)11-25-26-14-7-3-1-4-8-14/h1-11,17-24,26-27,29-35H,12-13H2/t17-,18-,19-,20+,21+,22-,23-,24+/m1/s1. The SMILES string of the molecule is OC[C@@H](O)[C@@H](O[C@@H]1O[C@H](CO)[C@H](O)[C@H](O)[C@H]1O)[C@H](O)C(C=NNc1ccccc1)=NNc1ccccc1. The van der Waals surface area contributed by atoms with Gasteiger partial charge < -0.3 is 45.2 Å². The summed E-state index contributed by atoms with van der Waals surface area (Å²) in [4.78, 5) is 0. The lowest BCUT2D eigenvalue weighted by Crippen LogP contribution is -2.61. The summed E-state index contributed by atoms with van der Waals surface area (Å²) in [5.74, 6) is 0. The van der Waals surface area contributed by atoms with Crippen molar-refractivity contribution in [1.82, 2.24) is 0 Å². The first kappa shape index (κ1) is 28.6. The Morgan fingerprint density at radius 1 is 0.892 bits per heavy atom. The summed E-state index contributed by atoms with van der Waals surface area (Å²) in [6, 6.07) is 17.7. The Kier molecular flexibility index (Phi) is 10.9. The van der Waals surface area contributed by atoms with Gasteiger partial charge >= 0.3 is 0 Å². The maximum absolute atomic E-state index is 11.1. The Morgan fingerprint density at radius 3 is 2.05 bits per heavy atom. The summed E-state index contributed by atoms with van der Waals surface area (Å²) in [5.41, 5.74) is 6.59. The van der Waals surface area contributed by atoms with E-state index < -0.39 is 62.2 Å². The normalized spacial score (nSPS) is 27.0. The first-order valence-corrected chi connectivity index (χ1v) is 11.5. The molecule has 0 radical (unpaired) electrons. The van der Waals surface area contributed by atoms with Gasteiger partial charge in [0.1, 0.15) is 48.4 Å². The number of ether oxygens (including phenoxy) is 2. The van der Waals surface area contributed by atoms with Crippen LogP contribution in [0.25, 0.3) is 0 Å². The molecule has 202 valence electrons. The minimum Gasteiger partial charge on any atom is -0.394 e. The largest absolute Gasteiger partial charge is 0.394 e. The zero-order valence-electron chi connectivity index (χ0n) is 19.7. The fourth-order valence-corrected chi connectivity index (χ4v) is 3.48. The second-order valence-electron chi connectivity index (χ2n) is 8.24. The highest BCUT2D eigenvalue weighted by atomic mass is 16.7. The molecule has 0 aliphatic carbocycles. The molecule has 13 nitrogen and oxygen atoms in total. The lowest BCUT2D eigenvalue weighted by atomic mass is 9.98. The lowest BCUT2D eigenvalue weighted by molar-refractivity contribution is -0.322. The fraction of sp³-hybridized carbons (Fsp3) is 0.417. The lowest BCUT2D eigenvalue weighted by Gasteiger charge is -2.41. The molecule has 0 amide bonds. The average molecular weight is 521 g/mol. The molecule has 13 heteroatoms. The minimum absolute atomic E-state index is 0.144. The number of aliphatic hydroxyl groups excluding tert-OH is 7. The number of nitrogens with zero attached hydrogens (tertiary/aromatic N) is 2. The zero-order valence-corrected chi connectivity index (χ0v) is 19.7. The van der Waals surface area contributed by atoms with Crippen LogP contribution < -0.4 is 10.9 Å². The molecule has 1 fully saturated rings. The van der Waals surface area contributed by atoms with Crippen molar-refractivity contribution in [1.29, 1.82) is 0 Å². The van der Waals surface area contributed by atoms with E-state index in [1.807, 2.05) is 6.07 Å². The molecule has 0 saturated carbocycles. The Bertz CT molecular complexity index is 996. The van der Waals surface area contributed by atoms with Crippen LogP contribution in [-0.2, 0) is 9.47 Å². The third-order valence-corrected chi connectivity index (χ3v) is 5.57. The number of hydrogen-bond acceptors (Lipinski definition) is 13. The summed E-state index contributed by atoms with van der Waals surface area (Å²) in [6.45, 7) is -1.55. The topological polar surface area (TPSA) is 209 Å². The third kappa shape index (κ3) is 7.75. The third-order valence-electron chi connectivity index (χ3n) is 5.57. The number of para-hydroxylation sites is 2. The van der Waals surface area contributed by atoms with Crippen LogP contribution in [0.1, 0.15) is 0 Å². The molecule has 9 N–H and O–H groups in total. The maximum atomic E-state index is 11.1. The molecule has 37 heavy (non-hydrogen) atoms. The molecule has 0 spiro atoms. The predicted molar refractivity (Wildman–Crippen MR) is 134 cm³/mol. The van der Waals surface area contributed by atoms with Gasteiger partial charge in [0.2, 0.25) is 0 Å². The van der Waals surface area contributed by atoms with Gasteiger partial charge in [-0.15, -0.1) is 0 Å². The van der Waals surface area contributed by atoms with Crippen LogP contribution in [0, 0.1) is 0 Å². The first-order chi connectivity index (χ1) is 17.8. The van der Waals surface area contributed by atoms with E-state index in [2.05, 4.69) is 21.1 Å². The van der Waals surface area contributed by atoms with Gasteiger partial charge in [-0.1, -0.05) is 36.4 Å². The number of anilines is 2. The molecule has 1 aliphatic rings. The van der Waals surface area contributed by atoms with Crippen molar-refractivity contribution in [3.05, 3.63) is 60.7 Å². The van der Waals surface area contributed by atoms with Gasteiger partial charge in [0, 0.05) is 0 Å². The van der Waals surface area contributed by atoms with E-state index in [1.54, 1.807) is 54.6 Å². The van der Waals surface area contributed by atoms with Crippen molar-refractivity contribution in [2.75, 3.05) is 24.1 Å². The van der Waals surface area contributed by atoms with Gasteiger partial charge in [-0.2, -0.15) is 10.2 Å². The number of hydrogen-bond donors (Lipinski definition) is 9. The number of benzene rings is 2. The molecule has 1 heterocycles. The Morgan fingerprint density at radius 2 is 1.49 bits per heavy atom. The maximum Gasteiger partial charge on any atom is 0.187 e. The molecular weight excluding hydrogens is 488 g/mol. The summed E-state index contributed by atoms with van der Waals surface area (Å²) < 4.78 is 10.9. The van der Waals surface area contributed by atoms with E-state index in [4.69, 9.17) is 9.47 Å². The van der Waals surface area contributed by atoms with Gasteiger partial charge in [-0.3, -0.25) is 10.9 Å². The number of hydrazone groups is 2. The molecule has 1 saturated heterocycles. The molecular formula is C24H32N4O9. The molecule has 0 bridgehead atoms. The minimum atomic E-state index is -1.80. The van der Waals surface area contributed by atoms with E-state index in [-0.39, 0.29) is 5.71 Å².